The number of aromatic nitrogens is 1. The van der Waals surface area contributed by atoms with Gasteiger partial charge in [0.15, 0.2) is 0 Å². The Balaban J connectivity index is 1.58. The molecule has 0 atom stereocenters. The number of carbonyl (C=O) groups is 1. The maximum atomic E-state index is 11.8. The molecule has 116 valence electrons. The number of thiazole rings is 1. The van der Waals surface area contributed by atoms with Crippen molar-refractivity contribution in [2.24, 2.45) is 0 Å². The predicted molar refractivity (Wildman–Crippen MR) is 84.3 cm³/mol. The Morgan fingerprint density at radius 2 is 2.32 bits per heavy atom. The summed E-state index contributed by atoms with van der Waals surface area (Å²) in [5, 5.41) is 14.6. The highest BCUT2D eigenvalue weighted by molar-refractivity contribution is 7.09. The normalized spacial score (nSPS) is 13.9. The number of aliphatic hydroxyl groups is 1. The lowest BCUT2D eigenvalue weighted by Gasteiger charge is -2.07. The average Bonchev–Trinajstić information content (AvgIpc) is 3.29. The number of hydrogen-bond donors (Lipinski definition) is 2. The van der Waals surface area contributed by atoms with Crippen LogP contribution in [0.25, 0.3) is 0 Å². The Morgan fingerprint density at radius 3 is 3.09 bits per heavy atom. The fraction of sp³-hybridized carbons (Fsp3) is 0.375. The van der Waals surface area contributed by atoms with Crippen molar-refractivity contribution in [2.45, 2.75) is 25.4 Å². The van der Waals surface area contributed by atoms with Gasteiger partial charge < -0.3 is 15.2 Å². The molecular weight excluding hydrogens is 300 g/mol. The van der Waals surface area contributed by atoms with Crippen LogP contribution in [-0.4, -0.2) is 29.1 Å². The smallest absolute Gasteiger partial charge is 0.251 e. The third-order valence-corrected chi connectivity index (χ3v) is 4.43. The van der Waals surface area contributed by atoms with E-state index in [1.807, 2.05) is 11.4 Å². The van der Waals surface area contributed by atoms with Crippen LogP contribution in [0.2, 0.25) is 0 Å². The molecule has 0 saturated heterocycles. The first-order valence-corrected chi connectivity index (χ1v) is 8.20. The van der Waals surface area contributed by atoms with Crippen molar-refractivity contribution in [3.05, 3.63) is 45.9 Å². The first-order chi connectivity index (χ1) is 10.8. The number of benzene rings is 1. The Hall–Kier alpha value is -1.92. The summed E-state index contributed by atoms with van der Waals surface area (Å²) in [6, 6.07) is 7.01. The lowest BCUT2D eigenvalue weighted by molar-refractivity contribution is 0.0944. The molecule has 0 radical (unpaired) electrons. The third-order valence-electron chi connectivity index (χ3n) is 3.38. The van der Waals surface area contributed by atoms with E-state index in [4.69, 9.17) is 9.84 Å². The molecule has 1 aliphatic carbocycles. The van der Waals surface area contributed by atoms with E-state index in [0.29, 0.717) is 23.8 Å². The number of nitrogens with zero attached hydrogens (tertiary/aromatic N) is 1. The van der Waals surface area contributed by atoms with Crippen LogP contribution in [0.5, 0.6) is 5.75 Å². The molecule has 6 heteroatoms. The van der Waals surface area contributed by atoms with Crippen LogP contribution in [0.15, 0.2) is 29.6 Å². The first kappa shape index (κ1) is 15.0. The van der Waals surface area contributed by atoms with Gasteiger partial charge in [-0.1, -0.05) is 6.07 Å². The number of ether oxygens (including phenoxy) is 1. The molecule has 1 aromatic carbocycles. The van der Waals surface area contributed by atoms with Gasteiger partial charge in [0.2, 0.25) is 0 Å². The molecule has 1 aliphatic rings. The van der Waals surface area contributed by atoms with Gasteiger partial charge in [-0.15, -0.1) is 11.3 Å². The van der Waals surface area contributed by atoms with Gasteiger partial charge in [-0.3, -0.25) is 4.79 Å². The summed E-state index contributed by atoms with van der Waals surface area (Å²) in [6.45, 7) is 0.576. The summed E-state index contributed by atoms with van der Waals surface area (Å²) in [6.07, 6.45) is 2.50. The van der Waals surface area contributed by atoms with E-state index in [-0.39, 0.29) is 19.1 Å². The molecule has 2 aromatic rings. The van der Waals surface area contributed by atoms with Crippen molar-refractivity contribution in [1.29, 1.82) is 0 Å². The van der Waals surface area contributed by atoms with Crippen molar-refractivity contribution in [2.75, 3.05) is 13.2 Å². The number of hydrogen-bond acceptors (Lipinski definition) is 5. The van der Waals surface area contributed by atoms with Crippen LogP contribution < -0.4 is 10.1 Å². The molecule has 3 rings (SSSR count). The van der Waals surface area contributed by atoms with Crippen LogP contribution in [0.4, 0.5) is 0 Å². The van der Waals surface area contributed by atoms with Crippen molar-refractivity contribution in [3.63, 3.8) is 0 Å². The zero-order chi connectivity index (χ0) is 15.4. The predicted octanol–water partition coefficient (Wildman–Crippen LogP) is 2.32. The standard InChI is InChI=1S/C16H18N2O3S/c19-7-6-17-15(20)12-2-1-3-14(8-12)21-9-13-10-22-16(18-13)11-4-5-11/h1-3,8,10-11,19H,4-7,9H2,(H,17,20). The maximum Gasteiger partial charge on any atom is 0.251 e. The molecule has 0 aliphatic heterocycles. The number of rotatable bonds is 7. The molecule has 1 heterocycles. The Morgan fingerprint density at radius 1 is 1.45 bits per heavy atom. The minimum absolute atomic E-state index is 0.0743. The first-order valence-electron chi connectivity index (χ1n) is 7.32. The number of carbonyl (C=O) groups excluding carboxylic acids is 1. The number of aliphatic hydroxyl groups excluding tert-OH is 1. The highest BCUT2D eigenvalue weighted by Crippen LogP contribution is 2.41. The fourth-order valence-electron chi connectivity index (χ4n) is 2.06. The van der Waals surface area contributed by atoms with E-state index in [9.17, 15) is 4.79 Å². The van der Waals surface area contributed by atoms with Gasteiger partial charge in [0.1, 0.15) is 12.4 Å². The van der Waals surface area contributed by atoms with E-state index < -0.39 is 0 Å². The summed E-state index contributed by atoms with van der Waals surface area (Å²) < 4.78 is 5.72. The summed E-state index contributed by atoms with van der Waals surface area (Å²) in [5.74, 6) is 1.08. The van der Waals surface area contributed by atoms with Gasteiger partial charge in [0.25, 0.3) is 5.91 Å². The Bertz CT molecular complexity index is 652. The van der Waals surface area contributed by atoms with E-state index in [2.05, 4.69) is 10.3 Å². The molecule has 2 N–H and O–H groups in total. The molecule has 1 amide bonds. The highest BCUT2D eigenvalue weighted by Gasteiger charge is 2.26. The second-order valence-electron chi connectivity index (χ2n) is 5.25. The molecule has 0 spiro atoms. The largest absolute Gasteiger partial charge is 0.487 e. The lowest BCUT2D eigenvalue weighted by atomic mass is 10.2. The third kappa shape index (κ3) is 3.84. The Kier molecular flexibility index (Phi) is 4.70. The zero-order valence-electron chi connectivity index (χ0n) is 12.1. The van der Waals surface area contributed by atoms with E-state index in [1.165, 1.54) is 17.8 Å². The van der Waals surface area contributed by atoms with Crippen molar-refractivity contribution < 1.29 is 14.6 Å². The van der Waals surface area contributed by atoms with E-state index >= 15 is 0 Å². The van der Waals surface area contributed by atoms with Gasteiger partial charge >= 0.3 is 0 Å². The molecule has 1 saturated carbocycles. The second-order valence-corrected chi connectivity index (χ2v) is 6.14. The summed E-state index contributed by atoms with van der Waals surface area (Å²) in [4.78, 5) is 16.4. The summed E-state index contributed by atoms with van der Waals surface area (Å²) in [5.41, 5.74) is 1.45. The molecule has 1 fully saturated rings. The van der Waals surface area contributed by atoms with E-state index in [1.54, 1.807) is 29.5 Å². The number of amides is 1. The topological polar surface area (TPSA) is 71.5 Å². The number of nitrogens with one attached hydrogen (secondary N) is 1. The molecule has 1 aromatic heterocycles. The minimum Gasteiger partial charge on any atom is -0.487 e. The fourth-order valence-corrected chi connectivity index (χ4v) is 3.04. The second kappa shape index (κ2) is 6.89. The lowest BCUT2D eigenvalue weighted by Crippen LogP contribution is -2.26. The summed E-state index contributed by atoms with van der Waals surface area (Å²) >= 11 is 1.69. The van der Waals surface area contributed by atoms with Gasteiger partial charge in [-0.05, 0) is 31.0 Å². The van der Waals surface area contributed by atoms with Crippen molar-refractivity contribution >= 4 is 17.2 Å². The van der Waals surface area contributed by atoms with E-state index in [0.717, 1.165) is 5.69 Å². The maximum absolute atomic E-state index is 11.8. The molecule has 0 unspecified atom stereocenters. The van der Waals surface area contributed by atoms with Gasteiger partial charge in [0.05, 0.1) is 17.3 Å². The molecule has 22 heavy (non-hydrogen) atoms. The van der Waals surface area contributed by atoms with Gasteiger partial charge in [-0.2, -0.15) is 0 Å². The van der Waals surface area contributed by atoms with Crippen LogP contribution in [0.1, 0.15) is 39.8 Å². The molecule has 0 bridgehead atoms. The van der Waals surface area contributed by atoms with Crippen LogP contribution in [0, 0.1) is 0 Å². The van der Waals surface area contributed by atoms with Crippen molar-refractivity contribution in [3.8, 4) is 5.75 Å². The monoisotopic (exact) mass is 318 g/mol. The molecule has 5 nitrogen and oxygen atoms in total. The summed E-state index contributed by atoms with van der Waals surface area (Å²) in [7, 11) is 0. The van der Waals surface area contributed by atoms with Gasteiger partial charge in [-0.25, -0.2) is 4.98 Å². The minimum atomic E-state index is -0.218. The Labute approximate surface area is 133 Å². The average molecular weight is 318 g/mol. The van der Waals surface area contributed by atoms with Crippen molar-refractivity contribution in [1.82, 2.24) is 10.3 Å². The van der Waals surface area contributed by atoms with Crippen LogP contribution in [0.3, 0.4) is 0 Å². The van der Waals surface area contributed by atoms with Crippen LogP contribution in [-0.2, 0) is 6.61 Å². The highest BCUT2D eigenvalue weighted by atomic mass is 32.1. The van der Waals surface area contributed by atoms with Gasteiger partial charge in [0, 0.05) is 23.4 Å². The zero-order valence-corrected chi connectivity index (χ0v) is 12.9. The molecular formula is C16H18N2O3S. The SMILES string of the molecule is O=C(NCCO)c1cccc(OCc2csc(C3CC3)n2)c1. The quantitative estimate of drug-likeness (QED) is 0.822. The van der Waals surface area contributed by atoms with Crippen LogP contribution >= 0.6 is 11.3 Å².